The monoisotopic (exact) mass is 342 g/mol. The predicted octanol–water partition coefficient (Wildman–Crippen LogP) is 3.82. The summed E-state index contributed by atoms with van der Waals surface area (Å²) < 4.78 is 0. The summed E-state index contributed by atoms with van der Waals surface area (Å²) in [5, 5.41) is 0. The third-order valence-electron chi connectivity index (χ3n) is 3.90. The summed E-state index contributed by atoms with van der Waals surface area (Å²) in [7, 11) is 0. The highest BCUT2D eigenvalue weighted by molar-refractivity contribution is 6.54. The molecule has 0 aliphatic rings. The van der Waals surface area contributed by atoms with Crippen LogP contribution in [0.2, 0.25) is 0 Å². The quantitative estimate of drug-likeness (QED) is 0.504. The molecule has 0 atom stereocenters. The van der Waals surface area contributed by atoms with E-state index in [1.165, 1.54) is 36.4 Å². The van der Waals surface area contributed by atoms with E-state index in [2.05, 4.69) is 0 Å². The smallest absolute Gasteiger partial charge is 0.234 e. The van der Waals surface area contributed by atoms with Gasteiger partial charge in [-0.15, -0.1) is 0 Å². The molecule has 0 aliphatic carbocycles. The van der Waals surface area contributed by atoms with Crippen molar-refractivity contribution in [3.63, 3.8) is 0 Å². The number of carbonyl (C=O) groups is 4. The van der Waals surface area contributed by atoms with Crippen molar-refractivity contribution in [1.29, 1.82) is 0 Å². The number of rotatable bonds is 6. The molecule has 0 amide bonds. The lowest BCUT2D eigenvalue weighted by Crippen LogP contribution is -2.21. The van der Waals surface area contributed by atoms with Crippen LogP contribution >= 0.6 is 0 Å². The van der Waals surface area contributed by atoms with Crippen LogP contribution in [0.15, 0.2) is 84.9 Å². The Labute approximate surface area is 150 Å². The highest BCUT2D eigenvalue weighted by Gasteiger charge is 2.26. The van der Waals surface area contributed by atoms with Crippen molar-refractivity contribution in [3.05, 3.63) is 107 Å². The minimum absolute atomic E-state index is 0.0735. The van der Waals surface area contributed by atoms with E-state index in [4.69, 9.17) is 0 Å². The predicted molar refractivity (Wildman–Crippen MR) is 96.6 cm³/mol. The topological polar surface area (TPSA) is 68.3 Å². The first-order valence-electron chi connectivity index (χ1n) is 7.97. The zero-order chi connectivity index (χ0) is 18.5. The van der Waals surface area contributed by atoms with Gasteiger partial charge >= 0.3 is 0 Å². The molecule has 4 nitrogen and oxygen atoms in total. The van der Waals surface area contributed by atoms with Crippen LogP contribution in [0.4, 0.5) is 0 Å². The van der Waals surface area contributed by atoms with Gasteiger partial charge in [-0.1, -0.05) is 84.9 Å². The summed E-state index contributed by atoms with van der Waals surface area (Å²) in [6.45, 7) is 0. The van der Waals surface area contributed by atoms with Gasteiger partial charge in [-0.2, -0.15) is 0 Å². The van der Waals surface area contributed by atoms with Crippen molar-refractivity contribution in [1.82, 2.24) is 0 Å². The molecule has 3 rings (SSSR count). The largest absolute Gasteiger partial charge is 0.285 e. The van der Waals surface area contributed by atoms with Crippen molar-refractivity contribution >= 4 is 23.1 Å². The maximum absolute atomic E-state index is 12.6. The van der Waals surface area contributed by atoms with Gasteiger partial charge in [0, 0.05) is 22.3 Å². The van der Waals surface area contributed by atoms with Gasteiger partial charge in [0.05, 0.1) is 0 Å². The number of benzene rings is 3. The molecule has 0 saturated carbocycles. The van der Waals surface area contributed by atoms with E-state index in [0.717, 1.165) is 0 Å². The number of hydrogen-bond acceptors (Lipinski definition) is 4. The molecule has 4 heteroatoms. The Kier molecular flexibility index (Phi) is 4.94. The van der Waals surface area contributed by atoms with Crippen LogP contribution < -0.4 is 0 Å². The standard InChI is InChI=1S/C22H14O4/c23-19(15-9-3-1-4-10-15)21(25)17-13-7-8-14-18(17)22(26)20(24)16-11-5-2-6-12-16/h1-14H. The van der Waals surface area contributed by atoms with E-state index in [-0.39, 0.29) is 22.3 Å². The molecule has 126 valence electrons. The van der Waals surface area contributed by atoms with Crippen molar-refractivity contribution < 1.29 is 19.2 Å². The maximum Gasteiger partial charge on any atom is 0.234 e. The van der Waals surface area contributed by atoms with E-state index in [1.54, 1.807) is 48.5 Å². The highest BCUT2D eigenvalue weighted by Crippen LogP contribution is 2.16. The molecule has 0 aromatic heterocycles. The van der Waals surface area contributed by atoms with Crippen molar-refractivity contribution in [2.45, 2.75) is 0 Å². The number of hydrogen-bond donors (Lipinski definition) is 0. The lowest BCUT2D eigenvalue weighted by molar-refractivity contribution is 0.0801. The number of carbonyl (C=O) groups excluding carboxylic acids is 4. The number of ketones is 4. The normalized spacial score (nSPS) is 10.2. The fourth-order valence-corrected chi connectivity index (χ4v) is 2.56. The molecule has 0 aliphatic heterocycles. The summed E-state index contributed by atoms with van der Waals surface area (Å²) in [5.41, 5.74) is 0.314. The Morgan fingerprint density at radius 3 is 1.04 bits per heavy atom. The Balaban J connectivity index is 1.96. The molecule has 0 radical (unpaired) electrons. The van der Waals surface area contributed by atoms with Crippen LogP contribution in [0.1, 0.15) is 41.4 Å². The molecule has 0 spiro atoms. The second-order valence-corrected chi connectivity index (χ2v) is 5.59. The van der Waals surface area contributed by atoms with Crippen LogP contribution in [-0.2, 0) is 0 Å². The van der Waals surface area contributed by atoms with Gasteiger partial charge in [-0.25, -0.2) is 0 Å². The van der Waals surface area contributed by atoms with Crippen molar-refractivity contribution in [3.8, 4) is 0 Å². The summed E-state index contributed by atoms with van der Waals surface area (Å²) >= 11 is 0. The molecule has 0 bridgehead atoms. The lowest BCUT2D eigenvalue weighted by Gasteiger charge is -2.07. The summed E-state index contributed by atoms with van der Waals surface area (Å²) in [4.78, 5) is 50.1. The van der Waals surface area contributed by atoms with Crippen LogP contribution in [0, 0.1) is 0 Å². The van der Waals surface area contributed by atoms with Crippen LogP contribution in [0.25, 0.3) is 0 Å². The Morgan fingerprint density at radius 1 is 0.385 bits per heavy atom. The fourth-order valence-electron chi connectivity index (χ4n) is 2.56. The Hall–Kier alpha value is -3.66. The average Bonchev–Trinajstić information content (AvgIpc) is 2.73. The van der Waals surface area contributed by atoms with Gasteiger partial charge < -0.3 is 0 Å². The molecule has 0 unspecified atom stereocenters. The highest BCUT2D eigenvalue weighted by atomic mass is 16.2. The lowest BCUT2D eigenvalue weighted by atomic mass is 9.92. The molecule has 0 saturated heterocycles. The molecule has 0 fully saturated rings. The van der Waals surface area contributed by atoms with E-state index < -0.39 is 23.1 Å². The van der Waals surface area contributed by atoms with Gasteiger partial charge in [0.25, 0.3) is 0 Å². The first-order valence-corrected chi connectivity index (χ1v) is 7.97. The molecular formula is C22H14O4. The molecule has 3 aromatic carbocycles. The third kappa shape index (κ3) is 3.39. The zero-order valence-electron chi connectivity index (χ0n) is 13.7. The van der Waals surface area contributed by atoms with Crippen LogP contribution in [0.3, 0.4) is 0 Å². The van der Waals surface area contributed by atoms with Gasteiger partial charge in [0.15, 0.2) is 0 Å². The van der Waals surface area contributed by atoms with Crippen LogP contribution in [-0.4, -0.2) is 23.1 Å². The molecular weight excluding hydrogens is 328 g/mol. The molecule has 26 heavy (non-hydrogen) atoms. The third-order valence-corrected chi connectivity index (χ3v) is 3.90. The van der Waals surface area contributed by atoms with E-state index in [1.807, 2.05) is 0 Å². The Bertz CT molecular complexity index is 906. The number of Topliss-reactive ketones (excluding diaryl/α,β-unsaturated/α-hetero) is 4. The van der Waals surface area contributed by atoms with Gasteiger partial charge in [-0.05, 0) is 0 Å². The first kappa shape index (κ1) is 17.2. The zero-order valence-corrected chi connectivity index (χ0v) is 13.7. The van der Waals surface area contributed by atoms with Crippen molar-refractivity contribution in [2.75, 3.05) is 0 Å². The fraction of sp³-hybridized carbons (Fsp3) is 0. The molecule has 0 heterocycles. The van der Waals surface area contributed by atoms with Gasteiger partial charge in [-0.3, -0.25) is 19.2 Å². The maximum atomic E-state index is 12.6. The van der Waals surface area contributed by atoms with E-state index >= 15 is 0 Å². The minimum atomic E-state index is -0.819. The van der Waals surface area contributed by atoms with E-state index in [9.17, 15) is 19.2 Å². The second kappa shape index (κ2) is 7.49. The average molecular weight is 342 g/mol. The summed E-state index contributed by atoms with van der Waals surface area (Å²) in [6, 6.07) is 22.0. The van der Waals surface area contributed by atoms with Crippen molar-refractivity contribution in [2.24, 2.45) is 0 Å². The Morgan fingerprint density at radius 2 is 0.692 bits per heavy atom. The second-order valence-electron chi connectivity index (χ2n) is 5.59. The van der Waals surface area contributed by atoms with Gasteiger partial charge in [0.1, 0.15) is 0 Å². The SMILES string of the molecule is O=C(C(=O)c1ccccc1C(=O)C(=O)c1ccccc1)c1ccccc1. The first-order chi connectivity index (χ1) is 12.6. The molecule has 0 N–H and O–H groups in total. The summed E-state index contributed by atoms with van der Waals surface area (Å²) in [6.07, 6.45) is 0. The van der Waals surface area contributed by atoms with E-state index in [0.29, 0.717) is 0 Å². The minimum Gasteiger partial charge on any atom is -0.285 e. The van der Waals surface area contributed by atoms with Gasteiger partial charge in [0.2, 0.25) is 23.1 Å². The van der Waals surface area contributed by atoms with Crippen LogP contribution in [0.5, 0.6) is 0 Å². The molecule has 3 aromatic rings. The summed E-state index contributed by atoms with van der Waals surface area (Å²) in [5.74, 6) is -3.09.